The molecule has 0 bridgehead atoms. The summed E-state index contributed by atoms with van der Waals surface area (Å²) in [5.41, 5.74) is 1.15. The van der Waals surface area contributed by atoms with Crippen molar-refractivity contribution in [1.29, 1.82) is 0 Å². The Labute approximate surface area is 124 Å². The van der Waals surface area contributed by atoms with Crippen molar-refractivity contribution in [1.82, 2.24) is 14.8 Å². The number of aryl methyl sites for hydroxylation is 2. The number of aromatic nitrogens is 3. The fraction of sp³-hybridized carbons (Fsp3) is 0.250. The predicted octanol–water partition coefficient (Wildman–Crippen LogP) is 3.12. The van der Waals surface area contributed by atoms with Crippen LogP contribution in [0.15, 0.2) is 18.6 Å². The molecule has 0 radical (unpaired) electrons. The quantitative estimate of drug-likeness (QED) is 0.942. The molecule has 0 spiro atoms. The first-order chi connectivity index (χ1) is 9.52. The van der Waals surface area contributed by atoms with Gasteiger partial charge in [-0.25, -0.2) is 4.39 Å². The van der Waals surface area contributed by atoms with E-state index in [0.29, 0.717) is 11.4 Å². The van der Waals surface area contributed by atoms with Gasteiger partial charge in [-0.1, -0.05) is 23.2 Å². The lowest BCUT2D eigenvalue weighted by Gasteiger charge is -2.07. The summed E-state index contributed by atoms with van der Waals surface area (Å²) in [4.78, 5) is 16.0. The van der Waals surface area contributed by atoms with Crippen LogP contribution in [0.1, 0.15) is 16.1 Å². The Kier molecular flexibility index (Phi) is 4.57. The minimum absolute atomic E-state index is 0.133. The number of anilines is 1. The highest BCUT2D eigenvalue weighted by atomic mass is 35.5. The van der Waals surface area contributed by atoms with Crippen molar-refractivity contribution in [2.75, 3.05) is 12.0 Å². The molecule has 2 rings (SSSR count). The summed E-state index contributed by atoms with van der Waals surface area (Å²) in [5, 5.41) is 6.88. The fourth-order valence-corrected chi connectivity index (χ4v) is 1.97. The van der Waals surface area contributed by atoms with Gasteiger partial charge in [0.25, 0.3) is 5.91 Å². The molecule has 1 N–H and O–H groups in total. The lowest BCUT2D eigenvalue weighted by molar-refractivity contribution is 0.102. The average molecular weight is 317 g/mol. The Morgan fingerprint density at radius 1 is 1.40 bits per heavy atom. The minimum Gasteiger partial charge on any atom is -0.319 e. The van der Waals surface area contributed by atoms with E-state index >= 15 is 0 Å². The number of carbonyl (C=O) groups excluding carboxylic acids is 1. The van der Waals surface area contributed by atoms with Gasteiger partial charge in [-0.15, -0.1) is 0 Å². The molecule has 2 aromatic heterocycles. The second-order valence-corrected chi connectivity index (χ2v) is 4.78. The normalized spacial score (nSPS) is 10.6. The molecule has 1 amide bonds. The molecule has 20 heavy (non-hydrogen) atoms. The maximum atomic E-state index is 12.2. The van der Waals surface area contributed by atoms with E-state index in [9.17, 15) is 9.18 Å². The van der Waals surface area contributed by atoms with E-state index in [0.717, 1.165) is 0 Å². The molecule has 0 saturated heterocycles. The van der Waals surface area contributed by atoms with Gasteiger partial charge in [0.15, 0.2) is 0 Å². The van der Waals surface area contributed by atoms with Crippen LogP contribution < -0.4 is 5.32 Å². The van der Waals surface area contributed by atoms with Gasteiger partial charge in [-0.2, -0.15) is 5.10 Å². The van der Waals surface area contributed by atoms with E-state index in [4.69, 9.17) is 23.2 Å². The molecule has 2 aromatic rings. The van der Waals surface area contributed by atoms with Crippen molar-refractivity contribution in [3.8, 4) is 0 Å². The van der Waals surface area contributed by atoms with E-state index in [1.165, 1.54) is 23.3 Å². The topological polar surface area (TPSA) is 59.8 Å². The largest absolute Gasteiger partial charge is 0.319 e. The molecule has 2 heterocycles. The molecular weight excluding hydrogens is 306 g/mol. The summed E-state index contributed by atoms with van der Waals surface area (Å²) in [6.07, 6.45) is 4.30. The molecule has 0 aliphatic rings. The lowest BCUT2D eigenvalue weighted by Crippen LogP contribution is -2.13. The molecule has 0 fully saturated rings. The number of halogens is 3. The van der Waals surface area contributed by atoms with Crippen LogP contribution in [-0.4, -0.2) is 27.3 Å². The molecule has 0 saturated carbocycles. The third-order valence-electron chi connectivity index (χ3n) is 2.58. The molecule has 106 valence electrons. The maximum Gasteiger partial charge on any atom is 0.258 e. The third-order valence-corrected chi connectivity index (χ3v) is 3.54. The van der Waals surface area contributed by atoms with Gasteiger partial charge < -0.3 is 5.32 Å². The lowest BCUT2D eigenvalue weighted by atomic mass is 10.2. The van der Waals surface area contributed by atoms with Gasteiger partial charge in [0.2, 0.25) is 0 Å². The zero-order valence-electron chi connectivity index (χ0n) is 10.5. The molecule has 0 aliphatic carbocycles. The molecule has 0 aliphatic heterocycles. The highest BCUT2D eigenvalue weighted by Crippen LogP contribution is 2.27. The van der Waals surface area contributed by atoms with Crippen molar-refractivity contribution in [2.24, 2.45) is 0 Å². The van der Waals surface area contributed by atoms with Crippen molar-refractivity contribution < 1.29 is 9.18 Å². The van der Waals surface area contributed by atoms with E-state index < -0.39 is 12.6 Å². The van der Waals surface area contributed by atoms with Crippen LogP contribution in [0.5, 0.6) is 0 Å². The maximum absolute atomic E-state index is 12.2. The van der Waals surface area contributed by atoms with Gasteiger partial charge in [-0.3, -0.25) is 14.5 Å². The van der Waals surface area contributed by atoms with Crippen LogP contribution in [0.3, 0.4) is 0 Å². The molecule has 0 atom stereocenters. The van der Waals surface area contributed by atoms with Gasteiger partial charge in [0.05, 0.1) is 39.7 Å². The van der Waals surface area contributed by atoms with Gasteiger partial charge in [-0.05, 0) is 6.92 Å². The number of carbonyl (C=O) groups is 1. The Bertz CT molecular complexity index is 644. The zero-order valence-corrected chi connectivity index (χ0v) is 12.0. The SMILES string of the molecule is Cc1ncc(C(=O)Nc2cnn(CCF)c2)c(Cl)c1Cl. The van der Waals surface area contributed by atoms with E-state index in [-0.39, 0.29) is 22.2 Å². The van der Waals surface area contributed by atoms with Crippen LogP contribution in [0.25, 0.3) is 0 Å². The number of hydrogen-bond acceptors (Lipinski definition) is 3. The van der Waals surface area contributed by atoms with E-state index in [1.807, 2.05) is 0 Å². The Morgan fingerprint density at radius 2 is 2.15 bits per heavy atom. The highest BCUT2D eigenvalue weighted by molar-refractivity contribution is 6.44. The fourth-order valence-electron chi connectivity index (χ4n) is 1.55. The molecule has 8 heteroatoms. The average Bonchev–Trinajstić information content (AvgIpc) is 2.84. The van der Waals surface area contributed by atoms with Crippen LogP contribution >= 0.6 is 23.2 Å². The Hall–Kier alpha value is -1.66. The molecule has 0 unspecified atom stereocenters. The van der Waals surface area contributed by atoms with Gasteiger partial charge in [0.1, 0.15) is 6.67 Å². The van der Waals surface area contributed by atoms with Crippen molar-refractivity contribution >= 4 is 34.8 Å². The highest BCUT2D eigenvalue weighted by Gasteiger charge is 2.16. The van der Waals surface area contributed by atoms with Crippen molar-refractivity contribution in [3.63, 3.8) is 0 Å². The summed E-state index contributed by atoms with van der Waals surface area (Å²) in [5.74, 6) is -0.454. The number of nitrogens with one attached hydrogen (secondary N) is 1. The standard InChI is InChI=1S/C12H11Cl2FN4O/c1-7-10(13)11(14)9(5-16-7)12(20)18-8-4-17-19(6-8)3-2-15/h4-6H,2-3H2,1H3,(H,18,20). The van der Waals surface area contributed by atoms with Gasteiger partial charge >= 0.3 is 0 Å². The van der Waals surface area contributed by atoms with Crippen LogP contribution in [0.2, 0.25) is 10.0 Å². The smallest absolute Gasteiger partial charge is 0.258 e. The minimum atomic E-state index is -0.529. The number of rotatable bonds is 4. The Morgan fingerprint density at radius 3 is 2.85 bits per heavy atom. The number of amides is 1. The first-order valence-corrected chi connectivity index (χ1v) is 6.49. The molecule has 5 nitrogen and oxygen atoms in total. The predicted molar refractivity (Wildman–Crippen MR) is 75.1 cm³/mol. The molecular formula is C12H11Cl2FN4O. The van der Waals surface area contributed by atoms with Crippen LogP contribution in [0, 0.1) is 6.92 Å². The van der Waals surface area contributed by atoms with E-state index in [2.05, 4.69) is 15.4 Å². The number of nitrogens with zero attached hydrogens (tertiary/aromatic N) is 3. The summed E-state index contributed by atoms with van der Waals surface area (Å²) >= 11 is 12.0. The summed E-state index contributed by atoms with van der Waals surface area (Å²) in [6, 6.07) is 0. The van der Waals surface area contributed by atoms with Crippen LogP contribution in [0.4, 0.5) is 10.1 Å². The molecule has 0 aromatic carbocycles. The summed E-state index contributed by atoms with van der Waals surface area (Å²) < 4.78 is 13.5. The third kappa shape index (κ3) is 3.08. The van der Waals surface area contributed by atoms with E-state index in [1.54, 1.807) is 6.92 Å². The van der Waals surface area contributed by atoms with Crippen molar-refractivity contribution in [2.45, 2.75) is 13.5 Å². The van der Waals surface area contributed by atoms with Crippen LogP contribution in [-0.2, 0) is 6.54 Å². The Balaban J connectivity index is 2.17. The second kappa shape index (κ2) is 6.19. The van der Waals surface area contributed by atoms with Crippen molar-refractivity contribution in [3.05, 3.63) is 39.9 Å². The summed E-state index contributed by atoms with van der Waals surface area (Å²) in [6.45, 7) is 1.30. The zero-order chi connectivity index (χ0) is 14.7. The monoisotopic (exact) mass is 316 g/mol. The number of pyridine rings is 1. The number of alkyl halides is 1. The summed E-state index contributed by atoms with van der Waals surface area (Å²) in [7, 11) is 0. The first-order valence-electron chi connectivity index (χ1n) is 5.73. The van der Waals surface area contributed by atoms with Gasteiger partial charge in [0, 0.05) is 12.4 Å². The first kappa shape index (κ1) is 14.7. The second-order valence-electron chi connectivity index (χ2n) is 4.02. The number of hydrogen-bond donors (Lipinski definition) is 1.